The lowest BCUT2D eigenvalue weighted by Crippen LogP contribution is -2.05. The van der Waals surface area contributed by atoms with Gasteiger partial charge >= 0.3 is 5.97 Å². The van der Waals surface area contributed by atoms with Crippen LogP contribution in [-0.4, -0.2) is 15.6 Å². The summed E-state index contributed by atoms with van der Waals surface area (Å²) < 4.78 is 22.0. The normalized spacial score (nSPS) is 11.3. The number of nitrogens with two attached hydrogens (primary N) is 1. The van der Waals surface area contributed by atoms with Gasteiger partial charge in [0.05, 0.1) is 6.42 Å². The molecule has 0 fully saturated rings. The molecule has 0 aliphatic heterocycles. The van der Waals surface area contributed by atoms with Crippen LogP contribution in [0.15, 0.2) is 66.9 Å². The Bertz CT molecular complexity index is 1310. The number of nitrogens with zero attached hydrogens (tertiary/aromatic N) is 1. The number of halogens is 1. The van der Waals surface area contributed by atoms with Crippen LogP contribution in [0.2, 0.25) is 0 Å². The average molecular weight is 447 g/mol. The predicted octanol–water partition coefficient (Wildman–Crippen LogP) is 5.69. The lowest BCUT2D eigenvalue weighted by atomic mass is 9.97. The number of benzene rings is 3. The minimum absolute atomic E-state index is 0.179. The van der Waals surface area contributed by atoms with Crippen LogP contribution in [0.4, 0.5) is 4.39 Å². The molecule has 0 unspecified atom stereocenters. The van der Waals surface area contributed by atoms with Crippen LogP contribution in [-0.2, 0) is 24.4 Å². The molecule has 4 aromatic rings. The second-order valence-electron chi connectivity index (χ2n) is 8.41. The molecule has 0 amide bonds. The third-order valence-corrected chi connectivity index (χ3v) is 5.69. The Morgan fingerprint density at radius 1 is 1.09 bits per heavy atom. The summed E-state index contributed by atoms with van der Waals surface area (Å²) in [7, 11) is 0. The number of rotatable bonds is 8. The van der Waals surface area contributed by atoms with Crippen molar-refractivity contribution in [2.24, 2.45) is 5.73 Å². The average Bonchev–Trinajstić information content (AvgIpc) is 3.22. The summed E-state index contributed by atoms with van der Waals surface area (Å²) in [6, 6.07) is 18.6. The molecule has 0 aliphatic carbocycles. The minimum Gasteiger partial charge on any atom is -0.488 e. The van der Waals surface area contributed by atoms with Crippen molar-refractivity contribution < 1.29 is 19.0 Å². The lowest BCUT2D eigenvalue weighted by molar-refractivity contribution is -0.136. The topological polar surface area (TPSA) is 77.5 Å². The number of hydrogen-bond donors (Lipinski definition) is 2. The van der Waals surface area contributed by atoms with Crippen molar-refractivity contribution in [2.75, 3.05) is 0 Å². The molecule has 3 aromatic carbocycles. The number of carboxylic acid groups (broad SMARTS) is 1. The van der Waals surface area contributed by atoms with Gasteiger partial charge in [0.25, 0.3) is 0 Å². The summed E-state index contributed by atoms with van der Waals surface area (Å²) in [5.74, 6) is -1.23. The highest BCUT2D eigenvalue weighted by Crippen LogP contribution is 2.33. The van der Waals surface area contributed by atoms with E-state index in [4.69, 9.17) is 15.6 Å². The van der Waals surface area contributed by atoms with E-state index in [0.29, 0.717) is 12.1 Å². The zero-order valence-corrected chi connectivity index (χ0v) is 18.7. The molecule has 0 atom stereocenters. The molecule has 3 N–H and O–H groups in total. The zero-order chi connectivity index (χ0) is 23.5. The van der Waals surface area contributed by atoms with E-state index in [1.54, 1.807) is 0 Å². The highest BCUT2D eigenvalue weighted by Gasteiger charge is 2.14. The zero-order valence-electron chi connectivity index (χ0n) is 18.7. The Kier molecular flexibility index (Phi) is 6.47. The van der Waals surface area contributed by atoms with E-state index < -0.39 is 11.8 Å². The van der Waals surface area contributed by atoms with Crippen molar-refractivity contribution in [1.29, 1.82) is 0 Å². The first-order chi connectivity index (χ1) is 15.9. The summed E-state index contributed by atoms with van der Waals surface area (Å²) in [5.41, 5.74) is 11.4. The second kappa shape index (κ2) is 9.46. The van der Waals surface area contributed by atoms with Crippen LogP contribution in [0.5, 0.6) is 5.75 Å². The van der Waals surface area contributed by atoms with Crippen LogP contribution < -0.4 is 10.5 Å². The Balaban J connectivity index is 1.76. The van der Waals surface area contributed by atoms with Gasteiger partial charge in [0.1, 0.15) is 18.2 Å². The molecule has 0 aliphatic rings. The molecule has 0 spiro atoms. The smallest absolute Gasteiger partial charge is 0.307 e. The van der Waals surface area contributed by atoms with Crippen LogP contribution in [0, 0.1) is 5.82 Å². The van der Waals surface area contributed by atoms with Crippen LogP contribution in [0.3, 0.4) is 0 Å². The van der Waals surface area contributed by atoms with Gasteiger partial charge in [-0.25, -0.2) is 4.39 Å². The summed E-state index contributed by atoms with van der Waals surface area (Å²) in [5, 5.41) is 10.3. The molecule has 0 saturated heterocycles. The molecular weight excluding hydrogens is 419 g/mol. The SMILES string of the molecule is CC(C)n1ccc2c(-c3cccc(CN)c3)cc(COc3cc(F)ccc3CC(=O)O)cc21. The van der Waals surface area contributed by atoms with Gasteiger partial charge in [-0.15, -0.1) is 0 Å². The highest BCUT2D eigenvalue weighted by molar-refractivity contribution is 5.96. The monoisotopic (exact) mass is 446 g/mol. The van der Waals surface area contributed by atoms with Crippen LogP contribution >= 0.6 is 0 Å². The number of carbonyl (C=O) groups is 1. The van der Waals surface area contributed by atoms with E-state index in [2.05, 4.69) is 54.9 Å². The number of fused-ring (bicyclic) bond motifs is 1. The Morgan fingerprint density at radius 3 is 2.64 bits per heavy atom. The number of hydrogen-bond acceptors (Lipinski definition) is 3. The highest BCUT2D eigenvalue weighted by atomic mass is 19.1. The maximum atomic E-state index is 13.8. The summed E-state index contributed by atoms with van der Waals surface area (Å²) in [6.45, 7) is 4.89. The van der Waals surface area contributed by atoms with Gasteiger partial charge in [0.2, 0.25) is 0 Å². The number of aliphatic carboxylic acids is 1. The minimum atomic E-state index is -0.996. The quantitative estimate of drug-likeness (QED) is 0.364. The van der Waals surface area contributed by atoms with Gasteiger partial charge in [-0.05, 0) is 66.4 Å². The molecule has 0 radical (unpaired) electrons. The molecular formula is C27H27FN2O3. The molecule has 4 rings (SSSR count). The molecule has 0 bridgehead atoms. The number of ether oxygens (including phenoxy) is 1. The van der Waals surface area contributed by atoms with Gasteiger partial charge in [-0.1, -0.05) is 24.3 Å². The fraction of sp³-hybridized carbons (Fsp3) is 0.222. The third kappa shape index (κ3) is 4.91. The Labute approximate surface area is 192 Å². The van der Waals surface area contributed by atoms with Crippen molar-refractivity contribution in [2.45, 2.75) is 39.5 Å². The fourth-order valence-electron chi connectivity index (χ4n) is 4.09. The molecule has 5 nitrogen and oxygen atoms in total. The molecule has 170 valence electrons. The van der Waals surface area contributed by atoms with Crippen LogP contribution in [0.25, 0.3) is 22.0 Å². The first-order valence-electron chi connectivity index (χ1n) is 10.9. The van der Waals surface area contributed by atoms with Gasteiger partial charge in [0.15, 0.2) is 0 Å². The second-order valence-corrected chi connectivity index (χ2v) is 8.41. The molecule has 1 heterocycles. The fourth-order valence-corrected chi connectivity index (χ4v) is 4.09. The molecule has 0 saturated carbocycles. The number of aromatic nitrogens is 1. The largest absolute Gasteiger partial charge is 0.488 e. The van der Waals surface area contributed by atoms with E-state index in [1.165, 1.54) is 18.2 Å². The summed E-state index contributed by atoms with van der Waals surface area (Å²) in [6.07, 6.45) is 1.84. The third-order valence-electron chi connectivity index (χ3n) is 5.69. The number of carboxylic acids is 1. The van der Waals surface area contributed by atoms with E-state index >= 15 is 0 Å². The van der Waals surface area contributed by atoms with E-state index in [9.17, 15) is 9.18 Å². The van der Waals surface area contributed by atoms with Gasteiger partial charge < -0.3 is 20.1 Å². The molecule has 6 heteroatoms. The maximum Gasteiger partial charge on any atom is 0.307 e. The van der Waals surface area contributed by atoms with Crippen LogP contribution in [0.1, 0.15) is 36.6 Å². The standard InChI is InChI=1S/C27H27FN2O3/c1-17(2)30-9-8-23-24(20-5-3-4-18(10-20)15-29)11-19(12-25(23)30)16-33-26-14-22(28)7-6-21(26)13-27(31)32/h3-12,14,17H,13,15-16,29H2,1-2H3,(H,31,32). The first kappa shape index (κ1) is 22.6. The van der Waals surface area contributed by atoms with E-state index in [-0.39, 0.29) is 24.8 Å². The van der Waals surface area contributed by atoms with Crippen molar-refractivity contribution in [1.82, 2.24) is 4.57 Å². The van der Waals surface area contributed by atoms with Crippen molar-refractivity contribution in [3.8, 4) is 16.9 Å². The summed E-state index contributed by atoms with van der Waals surface area (Å²) in [4.78, 5) is 11.2. The Morgan fingerprint density at radius 2 is 1.91 bits per heavy atom. The lowest BCUT2D eigenvalue weighted by Gasteiger charge is -2.15. The van der Waals surface area contributed by atoms with Crippen molar-refractivity contribution in [3.63, 3.8) is 0 Å². The molecule has 33 heavy (non-hydrogen) atoms. The van der Waals surface area contributed by atoms with Crippen molar-refractivity contribution in [3.05, 3.63) is 89.4 Å². The maximum absolute atomic E-state index is 13.8. The molecule has 1 aromatic heterocycles. The first-order valence-corrected chi connectivity index (χ1v) is 10.9. The van der Waals surface area contributed by atoms with E-state index in [1.807, 2.05) is 12.1 Å². The predicted molar refractivity (Wildman–Crippen MR) is 128 cm³/mol. The van der Waals surface area contributed by atoms with E-state index in [0.717, 1.165) is 33.2 Å². The Hall–Kier alpha value is -3.64. The van der Waals surface area contributed by atoms with Gasteiger partial charge in [-0.3, -0.25) is 4.79 Å². The van der Waals surface area contributed by atoms with Gasteiger partial charge in [0, 0.05) is 41.3 Å². The summed E-state index contributed by atoms with van der Waals surface area (Å²) >= 11 is 0. The van der Waals surface area contributed by atoms with Gasteiger partial charge in [-0.2, -0.15) is 0 Å². The van der Waals surface area contributed by atoms with Crippen molar-refractivity contribution >= 4 is 16.9 Å².